The van der Waals surface area contributed by atoms with Crippen molar-refractivity contribution >= 4 is 11.6 Å². The number of nitrogens with zero attached hydrogens (tertiary/aromatic N) is 6. The van der Waals surface area contributed by atoms with Crippen LogP contribution < -0.4 is 0 Å². The molecule has 0 saturated carbocycles. The van der Waals surface area contributed by atoms with Gasteiger partial charge in [-0.05, 0) is 33.5 Å². The summed E-state index contributed by atoms with van der Waals surface area (Å²) in [5.74, 6) is 0.781. The van der Waals surface area contributed by atoms with Gasteiger partial charge in [0.15, 0.2) is 11.0 Å². The number of aliphatic hydroxyl groups is 1. The molecule has 0 radical (unpaired) electrons. The Morgan fingerprint density at radius 3 is 2.53 bits per heavy atom. The Morgan fingerprint density at radius 2 is 1.80 bits per heavy atom. The van der Waals surface area contributed by atoms with Crippen molar-refractivity contribution in [3.8, 4) is 22.5 Å². The molecule has 0 aliphatic heterocycles. The summed E-state index contributed by atoms with van der Waals surface area (Å²) < 4.78 is 3.73. The molecule has 7 nitrogen and oxygen atoms in total. The average molecular weight is 423 g/mol. The van der Waals surface area contributed by atoms with Gasteiger partial charge >= 0.3 is 0 Å². The van der Waals surface area contributed by atoms with Gasteiger partial charge in [0.2, 0.25) is 0 Å². The minimum absolute atomic E-state index is 0.142. The number of halogens is 1. The normalized spacial score (nSPS) is 11.2. The van der Waals surface area contributed by atoms with Crippen molar-refractivity contribution in [3.05, 3.63) is 71.3 Å². The molecular formula is C22H23ClN6O. The lowest BCUT2D eigenvalue weighted by molar-refractivity contribution is 0.271. The second-order valence-corrected chi connectivity index (χ2v) is 7.45. The van der Waals surface area contributed by atoms with E-state index in [2.05, 4.69) is 63.8 Å². The van der Waals surface area contributed by atoms with E-state index in [0.29, 0.717) is 17.4 Å². The summed E-state index contributed by atoms with van der Waals surface area (Å²) in [5.41, 5.74) is 4.89. The fourth-order valence-corrected chi connectivity index (χ4v) is 3.66. The first kappa shape index (κ1) is 20.3. The first-order chi connectivity index (χ1) is 14.7. The Bertz CT molecular complexity index is 1120. The van der Waals surface area contributed by atoms with Crippen molar-refractivity contribution in [2.45, 2.75) is 39.5 Å². The van der Waals surface area contributed by atoms with Gasteiger partial charge in [-0.25, -0.2) is 9.67 Å². The number of rotatable bonds is 8. The molecule has 2 aromatic carbocycles. The fourth-order valence-electron chi connectivity index (χ4n) is 3.45. The van der Waals surface area contributed by atoms with E-state index in [1.807, 2.05) is 21.4 Å². The van der Waals surface area contributed by atoms with Crippen molar-refractivity contribution in [1.29, 1.82) is 0 Å². The van der Waals surface area contributed by atoms with Crippen molar-refractivity contribution in [3.63, 3.8) is 0 Å². The van der Waals surface area contributed by atoms with Crippen LogP contribution in [0.15, 0.2) is 54.9 Å². The molecule has 2 aromatic heterocycles. The monoisotopic (exact) mass is 422 g/mol. The molecule has 0 atom stereocenters. The lowest BCUT2D eigenvalue weighted by atomic mass is 9.98. The van der Waals surface area contributed by atoms with Gasteiger partial charge in [-0.15, -0.1) is 5.10 Å². The van der Waals surface area contributed by atoms with E-state index >= 15 is 0 Å². The van der Waals surface area contributed by atoms with Crippen LogP contribution >= 0.6 is 11.6 Å². The highest BCUT2D eigenvalue weighted by molar-refractivity contribution is 6.30. The molecular weight excluding hydrogens is 400 g/mol. The number of unbranched alkanes of at least 4 members (excludes halogenated alkanes) is 1. The highest BCUT2D eigenvalue weighted by Crippen LogP contribution is 2.31. The fraction of sp³-hybridized carbons (Fsp3) is 0.273. The number of aliphatic hydroxyl groups excluding tert-OH is 1. The van der Waals surface area contributed by atoms with E-state index in [0.717, 1.165) is 47.5 Å². The molecule has 0 spiro atoms. The van der Waals surface area contributed by atoms with Crippen LogP contribution in [0.5, 0.6) is 0 Å². The topological polar surface area (TPSA) is 81.7 Å². The Kier molecular flexibility index (Phi) is 6.21. The summed E-state index contributed by atoms with van der Waals surface area (Å²) in [6.07, 6.45) is 3.76. The SMILES string of the molecule is CCCCn1nnnc1-c1ccccc1-c1ccc(Cn2cnc(Cl)c2CO)cc1. The minimum Gasteiger partial charge on any atom is -0.390 e. The lowest BCUT2D eigenvalue weighted by Gasteiger charge is -2.11. The van der Waals surface area contributed by atoms with Gasteiger partial charge in [0.25, 0.3) is 0 Å². The lowest BCUT2D eigenvalue weighted by Crippen LogP contribution is -2.04. The van der Waals surface area contributed by atoms with Crippen LogP contribution in [-0.2, 0) is 19.7 Å². The van der Waals surface area contributed by atoms with Gasteiger partial charge < -0.3 is 9.67 Å². The Morgan fingerprint density at radius 1 is 1.03 bits per heavy atom. The summed E-state index contributed by atoms with van der Waals surface area (Å²) in [6, 6.07) is 16.5. The average Bonchev–Trinajstić information content (AvgIpc) is 3.39. The molecule has 4 aromatic rings. The van der Waals surface area contributed by atoms with Crippen molar-refractivity contribution < 1.29 is 5.11 Å². The predicted molar refractivity (Wildman–Crippen MR) is 116 cm³/mol. The predicted octanol–water partition coefficient (Wildman–Crippen LogP) is 4.20. The molecule has 1 N–H and O–H groups in total. The largest absolute Gasteiger partial charge is 0.390 e. The van der Waals surface area contributed by atoms with Crippen LogP contribution in [0.2, 0.25) is 5.15 Å². The van der Waals surface area contributed by atoms with E-state index in [9.17, 15) is 5.11 Å². The summed E-state index contributed by atoms with van der Waals surface area (Å²) in [6.45, 7) is 3.40. The third kappa shape index (κ3) is 4.13. The second kappa shape index (κ2) is 9.19. The zero-order valence-electron chi connectivity index (χ0n) is 16.7. The summed E-state index contributed by atoms with van der Waals surface area (Å²) in [7, 11) is 0. The van der Waals surface area contributed by atoms with Crippen LogP contribution in [0.3, 0.4) is 0 Å². The Hall–Kier alpha value is -3.03. The quantitative estimate of drug-likeness (QED) is 0.460. The van der Waals surface area contributed by atoms with Crippen LogP contribution in [-0.4, -0.2) is 34.9 Å². The standard InChI is InChI=1S/C22H23ClN6O/c1-2-3-12-29-22(25-26-27-29)19-7-5-4-6-18(19)17-10-8-16(9-11-17)13-28-15-24-21(23)20(28)14-30/h4-11,15,30H,2-3,12-14H2,1H3. The third-order valence-electron chi connectivity index (χ3n) is 5.09. The molecule has 154 valence electrons. The molecule has 0 unspecified atom stereocenters. The van der Waals surface area contributed by atoms with Crippen molar-refractivity contribution in [1.82, 2.24) is 29.8 Å². The van der Waals surface area contributed by atoms with Gasteiger partial charge in [0.05, 0.1) is 18.6 Å². The number of hydrogen-bond donors (Lipinski definition) is 1. The van der Waals surface area contributed by atoms with Gasteiger partial charge in [0.1, 0.15) is 0 Å². The smallest absolute Gasteiger partial charge is 0.182 e. The first-order valence-electron chi connectivity index (χ1n) is 9.96. The zero-order valence-corrected chi connectivity index (χ0v) is 17.5. The molecule has 0 amide bonds. The molecule has 0 fully saturated rings. The number of imidazole rings is 1. The minimum atomic E-state index is -0.142. The molecule has 0 bridgehead atoms. The highest BCUT2D eigenvalue weighted by atomic mass is 35.5. The molecule has 0 saturated heterocycles. The summed E-state index contributed by atoms with van der Waals surface area (Å²) >= 11 is 6.02. The van der Waals surface area contributed by atoms with E-state index < -0.39 is 0 Å². The van der Waals surface area contributed by atoms with Crippen LogP contribution in [0.4, 0.5) is 0 Å². The first-order valence-corrected chi connectivity index (χ1v) is 10.3. The van der Waals surface area contributed by atoms with Gasteiger partial charge in [-0.2, -0.15) is 0 Å². The van der Waals surface area contributed by atoms with Gasteiger partial charge in [0, 0.05) is 18.7 Å². The maximum atomic E-state index is 9.49. The summed E-state index contributed by atoms with van der Waals surface area (Å²) in [5, 5.41) is 22.2. The van der Waals surface area contributed by atoms with Crippen molar-refractivity contribution in [2.75, 3.05) is 0 Å². The second-order valence-electron chi connectivity index (χ2n) is 7.09. The van der Waals surface area contributed by atoms with E-state index in [1.54, 1.807) is 6.33 Å². The van der Waals surface area contributed by atoms with Crippen LogP contribution in [0.25, 0.3) is 22.5 Å². The molecule has 4 rings (SSSR count). The third-order valence-corrected chi connectivity index (χ3v) is 5.40. The van der Waals surface area contributed by atoms with E-state index in [-0.39, 0.29) is 6.61 Å². The van der Waals surface area contributed by atoms with Crippen LogP contribution in [0.1, 0.15) is 31.0 Å². The zero-order chi connectivity index (χ0) is 20.9. The van der Waals surface area contributed by atoms with Crippen LogP contribution in [0, 0.1) is 0 Å². The number of tetrazole rings is 1. The molecule has 2 heterocycles. The number of hydrogen-bond acceptors (Lipinski definition) is 5. The number of benzene rings is 2. The maximum absolute atomic E-state index is 9.49. The van der Waals surface area contributed by atoms with E-state index in [1.165, 1.54) is 0 Å². The summed E-state index contributed by atoms with van der Waals surface area (Å²) in [4.78, 5) is 4.07. The molecule has 8 heteroatoms. The molecule has 0 aliphatic rings. The number of aromatic nitrogens is 6. The maximum Gasteiger partial charge on any atom is 0.182 e. The molecule has 30 heavy (non-hydrogen) atoms. The van der Waals surface area contributed by atoms with E-state index in [4.69, 9.17) is 11.6 Å². The molecule has 0 aliphatic carbocycles. The van der Waals surface area contributed by atoms with Crippen molar-refractivity contribution in [2.24, 2.45) is 0 Å². The Labute approximate surface area is 180 Å². The van der Waals surface area contributed by atoms with Gasteiger partial charge in [-0.1, -0.05) is 73.5 Å². The Balaban J connectivity index is 1.62. The highest BCUT2D eigenvalue weighted by Gasteiger charge is 2.14. The number of aryl methyl sites for hydroxylation is 1. The van der Waals surface area contributed by atoms with Gasteiger partial charge in [-0.3, -0.25) is 0 Å².